The minimum atomic E-state index is -4.91. The number of carbonyl (C=O) groups is 2. The van der Waals surface area contributed by atoms with Gasteiger partial charge in [-0.05, 0) is 23.6 Å². The van der Waals surface area contributed by atoms with Gasteiger partial charge in [0.25, 0.3) is 5.91 Å². The number of benzene rings is 1. The second-order valence-electron chi connectivity index (χ2n) is 4.55. The molecule has 0 unspecified atom stereocenters. The maximum atomic E-state index is 13.4. The van der Waals surface area contributed by atoms with Gasteiger partial charge in [0.15, 0.2) is 5.78 Å². The number of hydrogen-bond acceptors (Lipinski definition) is 4. The lowest BCUT2D eigenvalue weighted by molar-refractivity contribution is -0.0605. The van der Waals surface area contributed by atoms with Crippen LogP contribution >= 0.6 is 11.3 Å². The fourth-order valence-corrected chi connectivity index (χ4v) is 2.37. The van der Waals surface area contributed by atoms with Crippen LogP contribution in [0.1, 0.15) is 26.5 Å². The highest BCUT2D eigenvalue weighted by atomic mass is 32.1. The van der Waals surface area contributed by atoms with Crippen molar-refractivity contribution >= 4 is 28.7 Å². The predicted octanol–water partition coefficient (Wildman–Crippen LogP) is 3.81. The van der Waals surface area contributed by atoms with Gasteiger partial charge in [-0.2, -0.15) is 18.3 Å². The lowest BCUT2D eigenvalue weighted by Gasteiger charge is -2.10. The molecule has 0 bridgehead atoms. The Balaban J connectivity index is 2.16. The van der Waals surface area contributed by atoms with Crippen molar-refractivity contribution in [2.24, 2.45) is 5.10 Å². The van der Waals surface area contributed by atoms with Crippen LogP contribution in [0.3, 0.4) is 0 Å². The summed E-state index contributed by atoms with van der Waals surface area (Å²) in [6.45, 7) is 0. The van der Waals surface area contributed by atoms with Gasteiger partial charge in [0.1, 0.15) is 11.5 Å². The first kappa shape index (κ1) is 17.8. The summed E-state index contributed by atoms with van der Waals surface area (Å²) >= 11 is 0.998. The monoisotopic (exact) mass is 358 g/mol. The van der Waals surface area contributed by atoms with Crippen molar-refractivity contribution in [3.8, 4) is 0 Å². The maximum absolute atomic E-state index is 13.4. The molecule has 0 atom stereocenters. The molecule has 0 spiro atoms. The zero-order chi connectivity index (χ0) is 17.7. The topological polar surface area (TPSA) is 58.5 Å². The molecule has 1 N–H and O–H groups in total. The molecule has 1 aromatic heterocycles. The van der Waals surface area contributed by atoms with Crippen LogP contribution in [0, 0.1) is 5.82 Å². The summed E-state index contributed by atoms with van der Waals surface area (Å²) in [7, 11) is 0. The number of carbonyl (C=O) groups excluding carboxylic acids is 2. The average Bonchev–Trinajstić information content (AvgIpc) is 3.04. The van der Waals surface area contributed by atoms with E-state index in [4.69, 9.17) is 0 Å². The smallest absolute Gasteiger partial charge is 0.293 e. The van der Waals surface area contributed by atoms with Crippen molar-refractivity contribution in [1.29, 1.82) is 0 Å². The van der Waals surface area contributed by atoms with Crippen LogP contribution in [0.2, 0.25) is 0 Å². The van der Waals surface area contributed by atoms with Crippen molar-refractivity contribution in [2.45, 2.75) is 12.6 Å². The van der Waals surface area contributed by atoms with Crippen LogP contribution in [-0.2, 0) is 0 Å². The Hall–Kier alpha value is -2.55. The number of hydrogen-bond donors (Lipinski definition) is 1. The van der Waals surface area contributed by atoms with Crippen molar-refractivity contribution in [3.05, 3.63) is 58.0 Å². The first-order valence-corrected chi connectivity index (χ1v) is 7.42. The fraction of sp³-hybridized carbons (Fsp3) is 0.133. The quantitative estimate of drug-likeness (QED) is 0.382. The van der Waals surface area contributed by atoms with Gasteiger partial charge in [0.2, 0.25) is 0 Å². The number of amides is 1. The molecule has 0 radical (unpaired) electrons. The average molecular weight is 358 g/mol. The SMILES string of the molecule is O=C(C/C(=N\NC(=O)c1ccccc1F)C(F)(F)F)c1cccs1. The van der Waals surface area contributed by atoms with E-state index in [0.717, 1.165) is 23.5 Å². The van der Waals surface area contributed by atoms with Gasteiger partial charge in [-0.15, -0.1) is 11.3 Å². The molecule has 0 aliphatic rings. The molecule has 0 saturated heterocycles. The van der Waals surface area contributed by atoms with Gasteiger partial charge in [0, 0.05) is 0 Å². The first-order valence-electron chi connectivity index (χ1n) is 6.54. The van der Waals surface area contributed by atoms with E-state index in [2.05, 4.69) is 5.10 Å². The molecule has 0 fully saturated rings. The lowest BCUT2D eigenvalue weighted by Crippen LogP contribution is -2.30. The second-order valence-corrected chi connectivity index (χ2v) is 5.50. The minimum absolute atomic E-state index is 0.146. The van der Waals surface area contributed by atoms with Crippen LogP contribution in [-0.4, -0.2) is 23.6 Å². The first-order chi connectivity index (χ1) is 11.3. The summed E-state index contributed by atoms with van der Waals surface area (Å²) in [6.07, 6.45) is -5.93. The Morgan fingerprint density at radius 2 is 1.83 bits per heavy atom. The third-order valence-corrected chi connectivity index (χ3v) is 3.77. The van der Waals surface area contributed by atoms with E-state index >= 15 is 0 Å². The van der Waals surface area contributed by atoms with Gasteiger partial charge in [-0.1, -0.05) is 18.2 Å². The summed E-state index contributed by atoms with van der Waals surface area (Å²) in [4.78, 5) is 23.6. The molecule has 1 aromatic carbocycles. The number of ketones is 1. The number of hydrazone groups is 1. The standard InChI is InChI=1S/C15H10F4N2O2S/c16-10-5-2-1-4-9(10)14(23)21-20-13(15(17,18)19)8-11(22)12-6-3-7-24-12/h1-7H,8H2,(H,21,23)/b20-13+. The van der Waals surface area contributed by atoms with E-state index in [-0.39, 0.29) is 4.88 Å². The highest BCUT2D eigenvalue weighted by Gasteiger charge is 2.37. The number of alkyl halides is 3. The number of nitrogens with zero attached hydrogens (tertiary/aromatic N) is 1. The third kappa shape index (κ3) is 4.48. The van der Waals surface area contributed by atoms with Crippen LogP contribution in [0.15, 0.2) is 46.9 Å². The Morgan fingerprint density at radius 1 is 1.12 bits per heavy atom. The van der Waals surface area contributed by atoms with Crippen LogP contribution in [0.25, 0.3) is 0 Å². The molecular weight excluding hydrogens is 348 g/mol. The molecule has 1 amide bonds. The van der Waals surface area contributed by atoms with E-state index in [1.165, 1.54) is 24.3 Å². The number of halogens is 4. The minimum Gasteiger partial charge on any atom is -0.293 e. The molecule has 0 saturated carbocycles. The van der Waals surface area contributed by atoms with E-state index in [0.29, 0.717) is 0 Å². The Labute approximate surface area is 137 Å². The van der Waals surface area contributed by atoms with E-state index in [9.17, 15) is 27.2 Å². The summed E-state index contributed by atoms with van der Waals surface area (Å²) < 4.78 is 52.3. The molecule has 2 rings (SSSR count). The molecule has 1 heterocycles. The number of thiophene rings is 1. The van der Waals surface area contributed by atoms with Gasteiger partial charge < -0.3 is 0 Å². The summed E-state index contributed by atoms with van der Waals surface area (Å²) in [5.41, 5.74) is -0.281. The molecule has 2 aromatic rings. The van der Waals surface area contributed by atoms with Gasteiger partial charge in [-0.3, -0.25) is 9.59 Å². The van der Waals surface area contributed by atoms with Crippen molar-refractivity contribution < 1.29 is 27.2 Å². The fourth-order valence-electron chi connectivity index (χ4n) is 1.70. The molecule has 0 aliphatic heterocycles. The van der Waals surface area contributed by atoms with E-state index < -0.39 is 41.4 Å². The zero-order valence-electron chi connectivity index (χ0n) is 11.9. The lowest BCUT2D eigenvalue weighted by atomic mass is 10.1. The molecule has 126 valence electrons. The van der Waals surface area contributed by atoms with Gasteiger partial charge >= 0.3 is 6.18 Å². The van der Waals surface area contributed by atoms with Gasteiger partial charge in [-0.25, -0.2) is 9.82 Å². The molecule has 9 heteroatoms. The number of rotatable bonds is 5. The summed E-state index contributed by atoms with van der Waals surface area (Å²) in [6, 6.07) is 7.69. The normalized spacial score (nSPS) is 12.1. The zero-order valence-corrected chi connectivity index (χ0v) is 12.7. The predicted molar refractivity (Wildman–Crippen MR) is 80.6 cm³/mol. The van der Waals surface area contributed by atoms with Crippen molar-refractivity contribution in [1.82, 2.24) is 5.43 Å². The Morgan fingerprint density at radius 3 is 2.42 bits per heavy atom. The summed E-state index contributed by atoms with van der Waals surface area (Å²) in [5.74, 6) is -2.81. The van der Waals surface area contributed by atoms with Crippen LogP contribution in [0.4, 0.5) is 17.6 Å². The largest absolute Gasteiger partial charge is 0.431 e. The maximum Gasteiger partial charge on any atom is 0.431 e. The van der Waals surface area contributed by atoms with E-state index in [1.807, 2.05) is 0 Å². The highest BCUT2D eigenvalue weighted by molar-refractivity contribution is 7.12. The Bertz CT molecular complexity index is 770. The van der Waals surface area contributed by atoms with Crippen molar-refractivity contribution in [3.63, 3.8) is 0 Å². The van der Waals surface area contributed by atoms with Gasteiger partial charge in [0.05, 0.1) is 16.9 Å². The Kier molecular flexibility index (Phi) is 5.45. The summed E-state index contributed by atoms with van der Waals surface area (Å²) in [5, 5.41) is 4.52. The van der Waals surface area contributed by atoms with Crippen LogP contribution < -0.4 is 5.43 Å². The second kappa shape index (κ2) is 7.35. The number of Topliss-reactive ketones (excluding diaryl/α,β-unsaturated/α-hetero) is 1. The molecule has 4 nitrogen and oxygen atoms in total. The third-order valence-electron chi connectivity index (χ3n) is 2.86. The molecule has 24 heavy (non-hydrogen) atoms. The highest BCUT2D eigenvalue weighted by Crippen LogP contribution is 2.22. The number of nitrogens with one attached hydrogen (secondary N) is 1. The molecule has 0 aliphatic carbocycles. The van der Waals surface area contributed by atoms with Crippen molar-refractivity contribution in [2.75, 3.05) is 0 Å². The van der Waals surface area contributed by atoms with E-state index in [1.54, 1.807) is 10.8 Å². The molecular formula is C15H10F4N2O2S. The van der Waals surface area contributed by atoms with Crippen LogP contribution in [0.5, 0.6) is 0 Å².